The molecule has 23 N–H and O–H groups in total. The van der Waals surface area contributed by atoms with E-state index in [2.05, 4.69) is 53.2 Å². The number of hydrogen-bond acceptors (Lipinski definition) is 28. The molecule has 7 aliphatic rings. The number of anilines is 1. The topological polar surface area (TPSA) is 616 Å². The van der Waals surface area contributed by atoms with E-state index in [0.29, 0.717) is 18.2 Å². The molecule has 11 bridgehead atoms. The zero-order chi connectivity index (χ0) is 97.0. The Bertz CT molecular complexity index is 5680. The number of carboxylic acids is 1. The number of methoxy groups -OCH3 is 1. The molecular formula is C84H85Cl3F6N12O28. The third-order valence-electron chi connectivity index (χ3n) is 21.8. The van der Waals surface area contributed by atoms with E-state index in [1.54, 1.807) is 13.8 Å². The van der Waals surface area contributed by atoms with Crippen LogP contribution >= 0.6 is 34.8 Å². The number of amides is 11. The van der Waals surface area contributed by atoms with Gasteiger partial charge in [0, 0.05) is 41.1 Å². The molecule has 0 saturated carbocycles. The van der Waals surface area contributed by atoms with Crippen LogP contribution in [0.5, 0.6) is 46.0 Å². The highest BCUT2D eigenvalue weighted by Gasteiger charge is 2.55. The molecule has 7 heterocycles. The third kappa shape index (κ3) is 22.5. The Morgan fingerprint density at radius 2 is 1.25 bits per heavy atom. The monoisotopic (exact) mass is 1930 g/mol. The van der Waals surface area contributed by atoms with Gasteiger partial charge in [0.1, 0.15) is 114 Å². The van der Waals surface area contributed by atoms with Gasteiger partial charge in [0.25, 0.3) is 5.91 Å². The van der Waals surface area contributed by atoms with Crippen molar-refractivity contribution < 1.29 is 163 Å². The maximum atomic E-state index is 16.2. The highest BCUT2D eigenvalue weighted by Crippen LogP contribution is 2.50. The number of aliphatic hydroxyl groups is 5. The smallest absolute Gasteiger partial charge is 0.417 e. The maximum Gasteiger partial charge on any atom is 0.417 e. The standard InChI is InChI=1S/C84H85Cl3F6N12O28/c1-30(2)18-45(96-3)73(117)102-59-63(111)32-9-14-49(43(86)21-32)129-51-23-35-24-52(130-50-15-10-33(22-44(50)87)64(112)60-78(122)101-58(79(123)124)40-26-38(107)27-48(109)55(40)39-20-31(8-13-47(39)108)56(75(119)103-60)100-76(120)57(35)99-74(118)46(28-54(94)110)98-77(59)121)67(51)127-16-17-128-81-69(62(68(126-4)70(133-81)71(95)115)105-82(125)97-37-11-12-42(85)41(25-37)84(91,92)93)132-80-61(66(114)65(113)53(29-106)131-80)104-72(116)34-6-5-7-36(19-34)83(88,89)90/h5-15,19-27,30,45-46,53,56-66,68-70,80-81,96,106-109,111-114H,16-18,28-29H2,1-4H3,(H2,94,110)(H2,95,115)(H,98,121)(H,99,118)(H,100,120)(H,101,122)(H,102,117)(H,103,119)(H,104,116)(H,123,124)(H2,97,105,125). The minimum absolute atomic E-state index is 0.136. The van der Waals surface area contributed by atoms with Crippen LogP contribution in [0.3, 0.4) is 0 Å². The average Bonchev–Trinajstić information content (AvgIpc) is 0.755. The number of fused-ring (bicyclic) bond motifs is 15. The molecule has 14 rings (SSSR count). The summed E-state index contributed by atoms with van der Waals surface area (Å²) in [5.74, 6) is -20.1. The van der Waals surface area contributed by atoms with E-state index in [0.717, 1.165) is 110 Å². The lowest BCUT2D eigenvalue weighted by molar-refractivity contribution is -0.336. The molecule has 0 aliphatic carbocycles. The fraction of sp³-hybridized carbons (Fsp3) is 0.369. The summed E-state index contributed by atoms with van der Waals surface area (Å²) in [7, 11) is 2.35. The van der Waals surface area contributed by atoms with E-state index < -0.39 is 331 Å². The second-order valence-electron chi connectivity index (χ2n) is 31.3. The normalized spacial score (nSPS) is 25.3. The van der Waals surface area contributed by atoms with E-state index in [4.69, 9.17) is 84.2 Å². The Kier molecular flexibility index (Phi) is 30.8. The van der Waals surface area contributed by atoms with Crippen LogP contribution in [0.15, 0.2) is 121 Å². The van der Waals surface area contributed by atoms with E-state index in [9.17, 15) is 111 Å². The molecule has 712 valence electrons. The molecule has 0 aromatic heterocycles. The number of aliphatic hydroxyl groups excluding tert-OH is 5. The summed E-state index contributed by atoms with van der Waals surface area (Å²) in [5, 5.41) is 125. The first kappa shape index (κ1) is 99.3. The van der Waals surface area contributed by atoms with Crippen molar-refractivity contribution in [2.24, 2.45) is 17.4 Å². The lowest BCUT2D eigenvalue weighted by atomic mass is 9.89. The molecule has 19 unspecified atom stereocenters. The first-order valence-electron chi connectivity index (χ1n) is 40.1. The molecule has 133 heavy (non-hydrogen) atoms. The summed E-state index contributed by atoms with van der Waals surface area (Å²) in [4.78, 5) is 160. The van der Waals surface area contributed by atoms with Gasteiger partial charge in [-0.1, -0.05) is 72.9 Å². The van der Waals surface area contributed by atoms with Gasteiger partial charge in [-0.25, -0.2) is 9.59 Å². The van der Waals surface area contributed by atoms with Gasteiger partial charge in [-0.2, -0.15) is 26.3 Å². The molecule has 7 aliphatic heterocycles. The number of likely N-dealkylation sites (N-methyl/N-ethyl adjacent to an activating group) is 1. The number of carbonyl (C=O) groups is 11. The zero-order valence-corrected chi connectivity index (χ0v) is 71.7. The quantitative estimate of drug-likeness (QED) is 0.0339. The molecular weight excluding hydrogens is 1850 g/mol. The largest absolute Gasteiger partial charge is 0.508 e. The van der Waals surface area contributed by atoms with Crippen molar-refractivity contribution in [2.45, 2.75) is 155 Å². The molecule has 19 atom stereocenters. The number of phenols is 3. The fourth-order valence-electron chi connectivity index (χ4n) is 15.3. The van der Waals surface area contributed by atoms with Crippen molar-refractivity contribution in [1.29, 1.82) is 0 Å². The fourth-order valence-corrected chi connectivity index (χ4v) is 16.0. The van der Waals surface area contributed by atoms with Crippen molar-refractivity contribution in [1.82, 2.24) is 47.9 Å². The molecule has 7 aromatic rings. The number of aliphatic carboxylic acids is 1. The Morgan fingerprint density at radius 3 is 1.85 bits per heavy atom. The van der Waals surface area contributed by atoms with E-state index in [1.807, 2.05) is 0 Å². The third-order valence-corrected chi connectivity index (χ3v) is 22.7. The van der Waals surface area contributed by atoms with Crippen molar-refractivity contribution >= 4 is 106 Å². The van der Waals surface area contributed by atoms with Crippen LogP contribution in [0.1, 0.15) is 106 Å². The summed E-state index contributed by atoms with van der Waals surface area (Å²) in [5.41, 5.74) is 4.19. The maximum absolute atomic E-state index is 16.2. The van der Waals surface area contributed by atoms with E-state index in [1.165, 1.54) is 7.05 Å². The van der Waals surface area contributed by atoms with Gasteiger partial charge in [-0.15, -0.1) is 0 Å². The van der Waals surface area contributed by atoms with Crippen LogP contribution in [0.4, 0.5) is 36.8 Å². The van der Waals surface area contributed by atoms with Crippen LogP contribution in [-0.4, -0.2) is 231 Å². The van der Waals surface area contributed by atoms with Gasteiger partial charge < -0.3 is 148 Å². The molecule has 0 radical (unpaired) electrons. The van der Waals surface area contributed by atoms with Gasteiger partial charge in [-0.3, -0.25) is 43.2 Å². The molecule has 49 heteroatoms. The minimum atomic E-state index is -5.12. The summed E-state index contributed by atoms with van der Waals surface area (Å²) in [6, 6.07) is -3.09. The Hall–Kier alpha value is -12.7. The van der Waals surface area contributed by atoms with Crippen LogP contribution in [0, 0.1) is 5.92 Å². The summed E-state index contributed by atoms with van der Waals surface area (Å²) in [6.07, 6.45) is -33.1. The van der Waals surface area contributed by atoms with Gasteiger partial charge in [-0.05, 0) is 133 Å². The van der Waals surface area contributed by atoms with Crippen molar-refractivity contribution in [2.75, 3.05) is 39.3 Å². The first-order chi connectivity index (χ1) is 62.7. The molecule has 40 nitrogen and oxygen atoms in total. The summed E-state index contributed by atoms with van der Waals surface area (Å²) >= 11 is 20.1. The van der Waals surface area contributed by atoms with Crippen LogP contribution in [0.2, 0.25) is 15.1 Å². The first-order valence-corrected chi connectivity index (χ1v) is 41.2. The number of carboxylic acid groups (broad SMARTS) is 1. The van der Waals surface area contributed by atoms with Crippen molar-refractivity contribution in [3.8, 4) is 57.1 Å². The number of ether oxygens (including phenoxy) is 8. The summed E-state index contributed by atoms with van der Waals surface area (Å²) < 4.78 is 135. The molecule has 2 saturated heterocycles. The number of urea groups is 1. The lowest BCUT2D eigenvalue weighted by Crippen LogP contribution is -2.71. The predicted molar refractivity (Wildman–Crippen MR) is 446 cm³/mol. The number of nitrogens with two attached hydrogens (primary N) is 2. The number of phenolic OH excluding ortho intramolecular Hbond substituents is 3. The number of primary amides is 2. The second kappa shape index (κ2) is 41.2. The highest BCUT2D eigenvalue weighted by molar-refractivity contribution is 6.32. The number of halogens is 9. The van der Waals surface area contributed by atoms with Crippen LogP contribution in [-0.2, 0) is 79.2 Å². The number of benzene rings is 7. The van der Waals surface area contributed by atoms with Crippen molar-refractivity contribution in [3.63, 3.8) is 0 Å². The molecule has 0 spiro atoms. The number of alkyl halides is 6. The Balaban J connectivity index is 1.03. The molecule has 2 fully saturated rings. The van der Waals surface area contributed by atoms with Crippen LogP contribution < -0.4 is 78.8 Å². The van der Waals surface area contributed by atoms with Crippen LogP contribution in [0.25, 0.3) is 11.1 Å². The average molecular weight is 1930 g/mol. The molecule has 11 amide bonds. The van der Waals surface area contributed by atoms with E-state index in [-0.39, 0.29) is 23.5 Å². The van der Waals surface area contributed by atoms with Gasteiger partial charge >= 0.3 is 24.4 Å². The van der Waals surface area contributed by atoms with Gasteiger partial charge in [0.05, 0.1) is 57.9 Å². The Morgan fingerprint density at radius 1 is 0.609 bits per heavy atom. The zero-order valence-electron chi connectivity index (χ0n) is 69.5. The van der Waals surface area contributed by atoms with Gasteiger partial charge in [0.2, 0.25) is 53.0 Å². The predicted octanol–water partition coefficient (Wildman–Crippen LogP) is 3.81. The lowest BCUT2D eigenvalue weighted by Gasteiger charge is -2.48. The Labute approximate surface area is 762 Å². The minimum Gasteiger partial charge on any atom is -0.508 e. The SMILES string of the molecule is CNC(CC(C)C)C(=O)NC1C(=O)NC(CC(N)=O)C(=O)NC2C(=O)NC3C(=O)NC(C(=O)NC(C(=O)O)c4cc(O)cc(O)c4-c4cc3ccc4O)C(O)c3ccc(c(Cl)c3)Oc3cc2cc(c3OCCOC2OC(C(N)=O)C(OC)C(NC(=O)Nc3ccc(Cl)c(C(F)(F)F)c3)C2OC2OC(CO)C(O)C(O)C2NC(=O)c2cccc(C(F)(F)F)c2)Oc2ccc(cc2Cl)C1O. The highest BCUT2D eigenvalue weighted by atomic mass is 35.5. The number of nitrogens with one attached hydrogen (secondary N) is 10. The number of aromatic hydroxyl groups is 3. The number of hydrogen-bond donors (Lipinski definition) is 21. The number of rotatable bonds is 22. The van der Waals surface area contributed by atoms with E-state index >= 15 is 14.4 Å². The molecule has 7 aromatic carbocycles. The summed E-state index contributed by atoms with van der Waals surface area (Å²) in [6.45, 7) is 0.408. The van der Waals surface area contributed by atoms with Crippen molar-refractivity contribution in [3.05, 3.63) is 181 Å². The van der Waals surface area contributed by atoms with Gasteiger partial charge in [0.15, 0.2) is 36.2 Å². The number of carbonyl (C=O) groups excluding carboxylic acids is 10. The second-order valence-corrected chi connectivity index (χ2v) is 32.5.